The van der Waals surface area contributed by atoms with Crippen LogP contribution < -0.4 is 5.32 Å². The molecule has 2 aromatic rings. The van der Waals surface area contributed by atoms with Crippen molar-refractivity contribution < 1.29 is 18.0 Å². The Bertz CT molecular complexity index is 925. The molecule has 0 atom stereocenters. The lowest BCUT2D eigenvalue weighted by atomic mass is 10.2. The highest BCUT2D eigenvalue weighted by Crippen LogP contribution is 2.30. The van der Waals surface area contributed by atoms with Crippen LogP contribution in [0, 0.1) is 0 Å². The van der Waals surface area contributed by atoms with E-state index in [0.29, 0.717) is 10.6 Å². The van der Waals surface area contributed by atoms with E-state index in [9.17, 15) is 18.0 Å². The number of sulfonamides is 1. The zero-order valence-corrected chi connectivity index (χ0v) is 14.2. The number of hydrogen-bond acceptors (Lipinski definition) is 5. The number of anilines is 1. The van der Waals surface area contributed by atoms with Gasteiger partial charge in [-0.1, -0.05) is 24.3 Å². The Morgan fingerprint density at radius 1 is 1.08 bits per heavy atom. The summed E-state index contributed by atoms with van der Waals surface area (Å²) < 4.78 is 25.5. The van der Waals surface area contributed by atoms with Gasteiger partial charge in [0.15, 0.2) is 0 Å². The van der Waals surface area contributed by atoms with E-state index < -0.39 is 21.8 Å². The minimum absolute atomic E-state index is 0.0175. The van der Waals surface area contributed by atoms with Crippen molar-refractivity contribution >= 4 is 40.2 Å². The van der Waals surface area contributed by atoms with Gasteiger partial charge in [0.1, 0.15) is 4.90 Å². The first kappa shape index (κ1) is 16.5. The molecule has 0 fully saturated rings. The monoisotopic (exact) mass is 362 g/mol. The van der Waals surface area contributed by atoms with Gasteiger partial charge in [-0.25, -0.2) is 12.7 Å². The molecule has 0 unspecified atom stereocenters. The maximum absolute atomic E-state index is 12.4. The molecule has 6 nitrogen and oxygen atoms in total. The minimum atomic E-state index is -3.88. The third-order valence-corrected chi connectivity index (χ3v) is 5.86. The Labute approximate surface area is 144 Å². The third kappa shape index (κ3) is 2.90. The first-order valence-corrected chi connectivity index (χ1v) is 9.04. The van der Waals surface area contributed by atoms with Crippen molar-refractivity contribution in [3.05, 3.63) is 54.1 Å². The minimum Gasteiger partial charge on any atom is -0.325 e. The van der Waals surface area contributed by atoms with Gasteiger partial charge in [0, 0.05) is 17.9 Å². The van der Waals surface area contributed by atoms with Crippen molar-refractivity contribution in [1.29, 1.82) is 0 Å². The van der Waals surface area contributed by atoms with Crippen LogP contribution in [0.4, 0.5) is 5.69 Å². The Hall–Kier alpha value is -2.32. The highest BCUT2D eigenvalue weighted by atomic mass is 32.2. The highest BCUT2D eigenvalue weighted by molar-refractivity contribution is 7.90. The second-order valence-electron chi connectivity index (χ2n) is 5.19. The predicted molar refractivity (Wildman–Crippen MR) is 91.6 cm³/mol. The third-order valence-electron chi connectivity index (χ3n) is 3.63. The lowest BCUT2D eigenvalue weighted by Gasteiger charge is -2.15. The van der Waals surface area contributed by atoms with Crippen molar-refractivity contribution in [3.8, 4) is 0 Å². The average Bonchev–Trinajstić information content (AvgIpc) is 2.75. The van der Waals surface area contributed by atoms with Crippen LogP contribution in [0.2, 0.25) is 0 Å². The summed E-state index contributed by atoms with van der Waals surface area (Å²) >= 11 is 4.23. The largest absolute Gasteiger partial charge is 0.325 e. The van der Waals surface area contributed by atoms with Crippen LogP contribution in [0.25, 0.3) is 0 Å². The number of thiol groups is 1. The number of hydrogen-bond donors (Lipinski definition) is 2. The van der Waals surface area contributed by atoms with Gasteiger partial charge in [-0.15, -0.1) is 12.6 Å². The van der Waals surface area contributed by atoms with Gasteiger partial charge < -0.3 is 5.32 Å². The average molecular weight is 362 g/mol. The van der Waals surface area contributed by atoms with Crippen LogP contribution in [-0.4, -0.2) is 31.1 Å². The van der Waals surface area contributed by atoms with E-state index in [4.69, 9.17) is 0 Å². The van der Waals surface area contributed by atoms with Crippen molar-refractivity contribution in [3.63, 3.8) is 0 Å². The molecule has 0 radical (unpaired) electrons. The summed E-state index contributed by atoms with van der Waals surface area (Å²) in [6.07, 6.45) is -0.138. The van der Waals surface area contributed by atoms with E-state index in [1.165, 1.54) is 12.1 Å². The summed E-state index contributed by atoms with van der Waals surface area (Å²) in [4.78, 5) is 24.9. The van der Waals surface area contributed by atoms with Gasteiger partial charge >= 0.3 is 0 Å². The summed E-state index contributed by atoms with van der Waals surface area (Å²) in [7, 11) is -3.88. The maximum Gasteiger partial charge on any atom is 0.269 e. The normalized spacial score (nSPS) is 15.2. The summed E-state index contributed by atoms with van der Waals surface area (Å²) in [5.74, 6) is -0.997. The van der Waals surface area contributed by atoms with Crippen LogP contribution in [0.15, 0.2) is 58.3 Å². The molecule has 0 saturated carbocycles. The number of rotatable bonds is 4. The van der Waals surface area contributed by atoms with Gasteiger partial charge in [-0.05, 0) is 24.3 Å². The molecule has 8 heteroatoms. The number of carbonyl (C=O) groups excluding carboxylic acids is 2. The number of nitrogens with zero attached hydrogens (tertiary/aromatic N) is 1. The molecule has 1 aliphatic rings. The van der Waals surface area contributed by atoms with Gasteiger partial charge in [-0.3, -0.25) is 9.59 Å². The van der Waals surface area contributed by atoms with Crippen molar-refractivity contribution in [2.75, 3.05) is 11.9 Å². The number of nitrogens with one attached hydrogen (secondary N) is 1. The molecule has 3 rings (SSSR count). The second-order valence-corrected chi connectivity index (χ2v) is 7.51. The van der Waals surface area contributed by atoms with E-state index in [2.05, 4.69) is 17.9 Å². The van der Waals surface area contributed by atoms with E-state index in [-0.39, 0.29) is 23.4 Å². The highest BCUT2D eigenvalue weighted by Gasteiger charge is 2.40. The Morgan fingerprint density at radius 2 is 1.75 bits per heavy atom. The van der Waals surface area contributed by atoms with Gasteiger partial charge in [-0.2, -0.15) is 0 Å². The standard InChI is InChI=1S/C16H14N2O4S2/c19-15(17-12-6-2-3-7-13(12)23)9-10-18-16(20)11-5-1-4-8-14(11)24(18,21)22/h1-8,23H,9-10H2,(H,17,19). The molecule has 0 spiro atoms. The topological polar surface area (TPSA) is 83.6 Å². The quantitative estimate of drug-likeness (QED) is 0.817. The van der Waals surface area contributed by atoms with Crippen molar-refractivity contribution in [2.45, 2.75) is 16.2 Å². The summed E-state index contributed by atoms with van der Waals surface area (Å²) in [6, 6.07) is 13.0. The summed E-state index contributed by atoms with van der Waals surface area (Å²) in [5.41, 5.74) is 0.670. The number of para-hydroxylation sites is 1. The van der Waals surface area contributed by atoms with Crippen LogP contribution in [-0.2, 0) is 14.8 Å². The molecule has 0 aliphatic carbocycles. The number of amides is 2. The van der Waals surface area contributed by atoms with Crippen LogP contribution in [0.3, 0.4) is 0 Å². The van der Waals surface area contributed by atoms with Crippen molar-refractivity contribution in [2.24, 2.45) is 0 Å². The molecule has 2 amide bonds. The molecule has 1 N–H and O–H groups in total. The van der Waals surface area contributed by atoms with Crippen LogP contribution >= 0.6 is 12.6 Å². The van der Waals surface area contributed by atoms with E-state index in [1.807, 2.05) is 0 Å². The number of carbonyl (C=O) groups is 2. The first-order chi connectivity index (χ1) is 11.4. The lowest BCUT2D eigenvalue weighted by molar-refractivity contribution is -0.116. The van der Waals surface area contributed by atoms with Crippen molar-refractivity contribution in [1.82, 2.24) is 4.31 Å². The van der Waals surface area contributed by atoms with E-state index >= 15 is 0 Å². The Kier molecular flexibility index (Phi) is 4.33. The molecule has 1 heterocycles. The molecule has 0 saturated heterocycles. The zero-order chi connectivity index (χ0) is 17.3. The molecule has 0 aromatic heterocycles. The fraction of sp³-hybridized carbons (Fsp3) is 0.125. The fourth-order valence-corrected chi connectivity index (χ4v) is 4.23. The molecule has 1 aliphatic heterocycles. The van der Waals surface area contributed by atoms with Gasteiger partial charge in [0.2, 0.25) is 5.91 Å². The second kappa shape index (κ2) is 6.29. The van der Waals surface area contributed by atoms with Crippen LogP contribution in [0.1, 0.15) is 16.8 Å². The predicted octanol–water partition coefficient (Wildman–Crippen LogP) is 2.15. The van der Waals surface area contributed by atoms with E-state index in [1.54, 1.807) is 36.4 Å². The smallest absolute Gasteiger partial charge is 0.269 e. The molecule has 2 aromatic carbocycles. The SMILES string of the molecule is O=C(CCN1C(=O)c2ccccc2S1(=O)=O)Nc1ccccc1S. The lowest BCUT2D eigenvalue weighted by Crippen LogP contribution is -2.33. The number of fused-ring (bicyclic) bond motifs is 1. The molecular formula is C16H14N2O4S2. The molecule has 124 valence electrons. The fourth-order valence-electron chi connectivity index (χ4n) is 2.45. The molecule has 0 bridgehead atoms. The number of benzene rings is 2. The summed E-state index contributed by atoms with van der Waals surface area (Å²) in [5, 5.41) is 2.65. The zero-order valence-electron chi connectivity index (χ0n) is 12.5. The maximum atomic E-state index is 12.4. The summed E-state index contributed by atoms with van der Waals surface area (Å²) in [6.45, 7) is -0.212. The van der Waals surface area contributed by atoms with Gasteiger partial charge in [0.25, 0.3) is 15.9 Å². The van der Waals surface area contributed by atoms with Crippen LogP contribution in [0.5, 0.6) is 0 Å². The van der Waals surface area contributed by atoms with Gasteiger partial charge in [0.05, 0.1) is 11.3 Å². The van der Waals surface area contributed by atoms with E-state index in [0.717, 1.165) is 4.31 Å². The Morgan fingerprint density at radius 3 is 2.46 bits per heavy atom. The molecule has 24 heavy (non-hydrogen) atoms. The molecular weight excluding hydrogens is 348 g/mol. The first-order valence-electron chi connectivity index (χ1n) is 7.15. The Balaban J connectivity index is 1.71.